The van der Waals surface area contributed by atoms with E-state index in [1.807, 2.05) is 11.8 Å². The number of rotatable bonds is 4. The van der Waals surface area contributed by atoms with E-state index < -0.39 is 0 Å². The summed E-state index contributed by atoms with van der Waals surface area (Å²) < 4.78 is 17.9. The molecule has 20 heavy (non-hydrogen) atoms. The molecule has 0 aromatic heterocycles. The Bertz CT molecular complexity index is 450. The van der Waals surface area contributed by atoms with E-state index in [0.717, 1.165) is 12.0 Å². The summed E-state index contributed by atoms with van der Waals surface area (Å²) in [5.41, 5.74) is 1.09. The van der Waals surface area contributed by atoms with Crippen molar-refractivity contribution in [3.63, 3.8) is 0 Å². The molecule has 0 aliphatic carbocycles. The first-order valence-electron chi connectivity index (χ1n) is 6.90. The minimum atomic E-state index is -0.228. The third kappa shape index (κ3) is 3.48. The average molecular weight is 280 g/mol. The third-order valence-electron chi connectivity index (χ3n) is 3.76. The van der Waals surface area contributed by atoms with Crippen LogP contribution in [0.2, 0.25) is 0 Å². The second kappa shape index (κ2) is 6.70. The number of benzene rings is 1. The van der Waals surface area contributed by atoms with E-state index in [2.05, 4.69) is 5.32 Å². The summed E-state index contributed by atoms with van der Waals surface area (Å²) in [6.45, 7) is 3.74. The maximum absolute atomic E-state index is 12.9. The molecule has 1 heterocycles. The Balaban J connectivity index is 1.94. The first-order chi connectivity index (χ1) is 9.61. The summed E-state index contributed by atoms with van der Waals surface area (Å²) in [7, 11) is 1.61. The second-order valence-corrected chi connectivity index (χ2v) is 5.21. The number of methoxy groups -OCH3 is 1. The van der Waals surface area contributed by atoms with Gasteiger partial charge in [-0.25, -0.2) is 9.18 Å². The topological polar surface area (TPSA) is 41.6 Å². The highest BCUT2D eigenvalue weighted by Gasteiger charge is 2.32. The van der Waals surface area contributed by atoms with Crippen LogP contribution in [0.3, 0.4) is 0 Å². The van der Waals surface area contributed by atoms with Gasteiger partial charge in [-0.2, -0.15) is 0 Å². The maximum atomic E-state index is 12.9. The van der Waals surface area contributed by atoms with Crippen LogP contribution in [0.4, 0.5) is 9.18 Å². The molecule has 0 radical (unpaired) electrons. The van der Waals surface area contributed by atoms with Gasteiger partial charge in [0, 0.05) is 32.2 Å². The van der Waals surface area contributed by atoms with Gasteiger partial charge in [0.15, 0.2) is 0 Å². The van der Waals surface area contributed by atoms with Crippen LogP contribution in [0.5, 0.6) is 0 Å². The van der Waals surface area contributed by atoms with E-state index >= 15 is 0 Å². The SMILES string of the molecule is COCCNC(=O)N1CC(c2ccc(F)cc2)CC1C. The Kier molecular flexibility index (Phi) is 4.95. The van der Waals surface area contributed by atoms with Crippen LogP contribution in [0, 0.1) is 5.82 Å². The fraction of sp³-hybridized carbons (Fsp3) is 0.533. The maximum Gasteiger partial charge on any atom is 0.317 e. The number of nitrogens with one attached hydrogen (secondary N) is 1. The normalized spacial score (nSPS) is 22.1. The lowest BCUT2D eigenvalue weighted by Gasteiger charge is -2.21. The molecule has 2 atom stereocenters. The van der Waals surface area contributed by atoms with Crippen molar-refractivity contribution in [2.75, 3.05) is 26.8 Å². The summed E-state index contributed by atoms with van der Waals surface area (Å²) in [4.78, 5) is 13.9. The summed E-state index contributed by atoms with van der Waals surface area (Å²) in [6.07, 6.45) is 0.906. The number of halogens is 1. The standard InChI is InChI=1S/C15H21FN2O2/c1-11-9-13(12-3-5-14(16)6-4-12)10-18(11)15(19)17-7-8-20-2/h3-6,11,13H,7-10H2,1-2H3,(H,17,19). The Morgan fingerprint density at radius 3 is 2.80 bits per heavy atom. The van der Waals surface area contributed by atoms with E-state index in [-0.39, 0.29) is 23.8 Å². The predicted octanol–water partition coefficient (Wildman–Crippen LogP) is 2.36. The molecule has 1 aromatic rings. The molecule has 1 aromatic carbocycles. The van der Waals surface area contributed by atoms with Crippen molar-refractivity contribution in [2.45, 2.75) is 25.3 Å². The summed E-state index contributed by atoms with van der Waals surface area (Å²) in [6, 6.07) is 6.69. The molecule has 1 aliphatic heterocycles. The minimum absolute atomic E-state index is 0.0563. The molecule has 110 valence electrons. The Labute approximate surface area is 118 Å². The van der Waals surface area contributed by atoms with Gasteiger partial charge in [0.05, 0.1) is 6.61 Å². The van der Waals surface area contributed by atoms with Crippen molar-refractivity contribution in [2.24, 2.45) is 0 Å². The largest absolute Gasteiger partial charge is 0.383 e. The van der Waals surface area contributed by atoms with Gasteiger partial charge in [0.1, 0.15) is 5.82 Å². The van der Waals surface area contributed by atoms with Crippen LogP contribution in [0.1, 0.15) is 24.8 Å². The number of hydrogen-bond acceptors (Lipinski definition) is 2. The van der Waals surface area contributed by atoms with Crippen LogP contribution in [-0.2, 0) is 4.74 Å². The molecule has 1 saturated heterocycles. The van der Waals surface area contributed by atoms with Gasteiger partial charge in [-0.1, -0.05) is 12.1 Å². The average Bonchev–Trinajstić information content (AvgIpc) is 2.82. The molecule has 0 saturated carbocycles. The van der Waals surface area contributed by atoms with Gasteiger partial charge in [0.25, 0.3) is 0 Å². The number of carbonyl (C=O) groups excluding carboxylic acids is 1. The number of hydrogen-bond donors (Lipinski definition) is 1. The lowest BCUT2D eigenvalue weighted by atomic mass is 9.97. The number of nitrogens with zero attached hydrogens (tertiary/aromatic N) is 1. The van der Waals surface area contributed by atoms with Gasteiger partial charge in [-0.3, -0.25) is 0 Å². The van der Waals surface area contributed by atoms with E-state index in [9.17, 15) is 9.18 Å². The van der Waals surface area contributed by atoms with Gasteiger partial charge in [0.2, 0.25) is 0 Å². The molecule has 5 heteroatoms. The van der Waals surface area contributed by atoms with Crippen LogP contribution in [0.15, 0.2) is 24.3 Å². The Hall–Kier alpha value is -1.62. The van der Waals surface area contributed by atoms with Gasteiger partial charge < -0.3 is 15.0 Å². The van der Waals surface area contributed by atoms with Crippen molar-refractivity contribution in [3.05, 3.63) is 35.6 Å². The Morgan fingerprint density at radius 1 is 1.45 bits per heavy atom. The summed E-state index contributed by atoms with van der Waals surface area (Å²) in [5, 5.41) is 2.84. The van der Waals surface area contributed by atoms with Crippen LogP contribution in [0.25, 0.3) is 0 Å². The minimum Gasteiger partial charge on any atom is -0.383 e. The van der Waals surface area contributed by atoms with Crippen LogP contribution in [-0.4, -0.2) is 43.8 Å². The lowest BCUT2D eigenvalue weighted by molar-refractivity contribution is 0.178. The highest BCUT2D eigenvalue weighted by atomic mass is 19.1. The van der Waals surface area contributed by atoms with Crippen molar-refractivity contribution in [3.8, 4) is 0 Å². The number of amides is 2. The molecular weight excluding hydrogens is 259 g/mol. The van der Waals surface area contributed by atoms with Gasteiger partial charge in [-0.15, -0.1) is 0 Å². The first kappa shape index (κ1) is 14.8. The number of likely N-dealkylation sites (tertiary alicyclic amines) is 1. The zero-order valence-electron chi connectivity index (χ0n) is 11.9. The zero-order chi connectivity index (χ0) is 14.5. The fourth-order valence-electron chi connectivity index (χ4n) is 2.65. The third-order valence-corrected chi connectivity index (χ3v) is 3.76. The Morgan fingerprint density at radius 2 is 2.15 bits per heavy atom. The highest BCUT2D eigenvalue weighted by molar-refractivity contribution is 5.75. The van der Waals surface area contributed by atoms with E-state index in [1.54, 1.807) is 19.2 Å². The second-order valence-electron chi connectivity index (χ2n) is 5.21. The molecule has 1 aliphatic rings. The zero-order valence-corrected chi connectivity index (χ0v) is 11.9. The molecule has 2 amide bonds. The van der Waals surface area contributed by atoms with Crippen LogP contribution < -0.4 is 5.32 Å². The molecular formula is C15H21FN2O2. The first-order valence-corrected chi connectivity index (χ1v) is 6.90. The monoisotopic (exact) mass is 280 g/mol. The number of ether oxygens (including phenoxy) is 1. The van der Waals surface area contributed by atoms with E-state index in [4.69, 9.17) is 4.74 Å². The molecule has 4 nitrogen and oxygen atoms in total. The van der Waals surface area contributed by atoms with Crippen molar-refractivity contribution >= 4 is 6.03 Å². The molecule has 2 rings (SSSR count). The van der Waals surface area contributed by atoms with Crippen LogP contribution >= 0.6 is 0 Å². The van der Waals surface area contributed by atoms with Crippen molar-refractivity contribution < 1.29 is 13.9 Å². The van der Waals surface area contributed by atoms with Crippen molar-refractivity contribution in [1.82, 2.24) is 10.2 Å². The number of urea groups is 1. The van der Waals surface area contributed by atoms with Crippen molar-refractivity contribution in [1.29, 1.82) is 0 Å². The molecule has 1 fully saturated rings. The van der Waals surface area contributed by atoms with Gasteiger partial charge in [-0.05, 0) is 31.0 Å². The summed E-state index contributed by atoms with van der Waals surface area (Å²) >= 11 is 0. The molecule has 0 bridgehead atoms. The van der Waals surface area contributed by atoms with E-state index in [1.165, 1.54) is 12.1 Å². The predicted molar refractivity (Wildman–Crippen MR) is 75.2 cm³/mol. The fourth-order valence-corrected chi connectivity index (χ4v) is 2.65. The number of carbonyl (C=O) groups is 1. The van der Waals surface area contributed by atoms with Gasteiger partial charge >= 0.3 is 6.03 Å². The summed E-state index contributed by atoms with van der Waals surface area (Å²) in [5.74, 6) is 0.0488. The molecule has 2 unspecified atom stereocenters. The molecule has 1 N–H and O–H groups in total. The lowest BCUT2D eigenvalue weighted by Crippen LogP contribution is -2.42. The quantitative estimate of drug-likeness (QED) is 0.860. The highest BCUT2D eigenvalue weighted by Crippen LogP contribution is 2.31. The smallest absolute Gasteiger partial charge is 0.317 e. The van der Waals surface area contributed by atoms with E-state index in [0.29, 0.717) is 19.7 Å². The molecule has 0 spiro atoms.